The quantitative estimate of drug-likeness (QED) is 0.841. The van der Waals surface area contributed by atoms with Crippen LogP contribution in [-0.4, -0.2) is 23.7 Å². The third-order valence-corrected chi connectivity index (χ3v) is 4.08. The maximum atomic E-state index is 12.1. The third kappa shape index (κ3) is 2.35. The van der Waals surface area contributed by atoms with Crippen LogP contribution in [0.4, 0.5) is 10.6 Å². The molecule has 0 radical (unpaired) electrons. The number of pyridine rings is 1. The number of fused-ring (bicyclic) bond motifs is 1. The van der Waals surface area contributed by atoms with Gasteiger partial charge in [-0.25, -0.2) is 9.78 Å². The Morgan fingerprint density at radius 3 is 2.76 bits per heavy atom. The number of anilines is 1. The summed E-state index contributed by atoms with van der Waals surface area (Å²) in [6.45, 7) is 8.72. The Morgan fingerprint density at radius 1 is 1.29 bits per heavy atom. The van der Waals surface area contributed by atoms with E-state index in [9.17, 15) is 4.79 Å². The lowest BCUT2D eigenvalue weighted by Crippen LogP contribution is -2.37. The van der Waals surface area contributed by atoms with Gasteiger partial charge in [-0.1, -0.05) is 26.0 Å². The zero-order valence-electron chi connectivity index (χ0n) is 12.9. The normalized spacial score (nSPS) is 18.6. The van der Waals surface area contributed by atoms with Gasteiger partial charge in [-0.2, -0.15) is 0 Å². The molecule has 4 heteroatoms. The highest BCUT2D eigenvalue weighted by molar-refractivity contribution is 5.92. The predicted molar refractivity (Wildman–Crippen MR) is 83.7 cm³/mol. The van der Waals surface area contributed by atoms with Crippen LogP contribution in [0.2, 0.25) is 0 Å². The molecule has 4 nitrogen and oxygen atoms in total. The van der Waals surface area contributed by atoms with Gasteiger partial charge in [-0.3, -0.25) is 4.90 Å². The number of ether oxygens (including phenoxy) is 1. The molecule has 3 rings (SSSR count). The number of aryl methyl sites for hydroxylation is 2. The van der Waals surface area contributed by atoms with Crippen molar-refractivity contribution in [3.8, 4) is 0 Å². The summed E-state index contributed by atoms with van der Waals surface area (Å²) in [6, 6.07) is 8.24. The minimum absolute atomic E-state index is 0.0478. The lowest BCUT2D eigenvalue weighted by Gasteiger charge is -2.24. The average molecular weight is 284 g/mol. The van der Waals surface area contributed by atoms with E-state index in [1.807, 2.05) is 13.0 Å². The fourth-order valence-corrected chi connectivity index (χ4v) is 2.81. The van der Waals surface area contributed by atoms with Gasteiger partial charge in [0.25, 0.3) is 0 Å². The Morgan fingerprint density at radius 2 is 2.05 bits per heavy atom. The molecule has 21 heavy (non-hydrogen) atoms. The van der Waals surface area contributed by atoms with E-state index in [-0.39, 0.29) is 12.1 Å². The molecule has 0 saturated carbocycles. The molecular formula is C17H20N2O2. The third-order valence-electron chi connectivity index (χ3n) is 4.08. The van der Waals surface area contributed by atoms with Gasteiger partial charge in [0, 0.05) is 5.39 Å². The fourth-order valence-electron chi connectivity index (χ4n) is 2.81. The molecule has 1 atom stereocenters. The highest BCUT2D eigenvalue weighted by Gasteiger charge is 2.37. The second-order valence-electron chi connectivity index (χ2n) is 6.08. The van der Waals surface area contributed by atoms with Crippen molar-refractivity contribution in [1.29, 1.82) is 0 Å². The molecule has 2 aromatic rings. The van der Waals surface area contributed by atoms with E-state index in [2.05, 4.69) is 44.0 Å². The van der Waals surface area contributed by atoms with Crippen LogP contribution in [0.3, 0.4) is 0 Å². The van der Waals surface area contributed by atoms with E-state index in [0.29, 0.717) is 18.3 Å². The van der Waals surface area contributed by atoms with Crippen molar-refractivity contribution in [3.63, 3.8) is 0 Å². The Balaban J connectivity index is 2.13. The molecule has 1 amide bonds. The monoisotopic (exact) mass is 284 g/mol. The zero-order valence-corrected chi connectivity index (χ0v) is 12.9. The molecule has 1 aromatic carbocycles. The summed E-state index contributed by atoms with van der Waals surface area (Å²) < 4.78 is 5.22. The molecule has 1 fully saturated rings. The number of benzene rings is 1. The van der Waals surface area contributed by atoms with Crippen molar-refractivity contribution >= 4 is 22.8 Å². The van der Waals surface area contributed by atoms with Crippen molar-refractivity contribution < 1.29 is 9.53 Å². The van der Waals surface area contributed by atoms with Crippen molar-refractivity contribution in [3.05, 3.63) is 35.4 Å². The Bertz CT molecular complexity index is 709. The first-order chi connectivity index (χ1) is 9.97. The van der Waals surface area contributed by atoms with Crippen LogP contribution in [0.5, 0.6) is 0 Å². The number of nitrogens with zero attached hydrogens (tertiary/aromatic N) is 2. The van der Waals surface area contributed by atoms with E-state index < -0.39 is 0 Å². The van der Waals surface area contributed by atoms with Gasteiger partial charge in [-0.15, -0.1) is 0 Å². The van der Waals surface area contributed by atoms with Crippen molar-refractivity contribution in [2.24, 2.45) is 5.92 Å². The number of carbonyl (C=O) groups excluding carboxylic acids is 1. The molecule has 1 aliphatic rings. The minimum atomic E-state index is -0.299. The molecular weight excluding hydrogens is 264 g/mol. The predicted octanol–water partition coefficient (Wildman–Crippen LogP) is 3.83. The number of hydrogen-bond acceptors (Lipinski definition) is 3. The first-order valence-electron chi connectivity index (χ1n) is 7.31. The minimum Gasteiger partial charge on any atom is -0.447 e. The van der Waals surface area contributed by atoms with Crippen LogP contribution in [0.25, 0.3) is 10.9 Å². The van der Waals surface area contributed by atoms with Crippen LogP contribution >= 0.6 is 0 Å². The van der Waals surface area contributed by atoms with Crippen LogP contribution in [0, 0.1) is 19.8 Å². The smallest absolute Gasteiger partial charge is 0.415 e. The number of cyclic esters (lactones) is 1. The molecule has 0 unspecified atom stereocenters. The van der Waals surface area contributed by atoms with Crippen molar-refractivity contribution in [2.45, 2.75) is 33.7 Å². The van der Waals surface area contributed by atoms with Crippen LogP contribution in [-0.2, 0) is 4.74 Å². The average Bonchev–Trinajstić information content (AvgIpc) is 2.80. The number of rotatable bonds is 2. The molecule has 0 spiro atoms. The zero-order chi connectivity index (χ0) is 15.1. The Labute approximate surface area is 124 Å². The molecule has 0 N–H and O–H groups in total. The molecule has 0 aliphatic carbocycles. The summed E-state index contributed by atoms with van der Waals surface area (Å²) in [6.07, 6.45) is -0.299. The van der Waals surface area contributed by atoms with Gasteiger partial charge in [-0.05, 0) is 43.0 Å². The second kappa shape index (κ2) is 5.02. The summed E-state index contributed by atoms with van der Waals surface area (Å²) in [4.78, 5) is 18.4. The van der Waals surface area contributed by atoms with E-state index in [0.717, 1.165) is 22.0 Å². The van der Waals surface area contributed by atoms with Gasteiger partial charge in [0.05, 0.1) is 11.6 Å². The summed E-state index contributed by atoms with van der Waals surface area (Å²) in [5.74, 6) is 1.01. The molecule has 1 aliphatic heterocycles. The lowest BCUT2D eigenvalue weighted by molar-refractivity contribution is 0.177. The largest absolute Gasteiger partial charge is 0.447 e. The molecule has 1 aromatic heterocycles. The number of hydrogen-bond donors (Lipinski definition) is 0. The van der Waals surface area contributed by atoms with Gasteiger partial charge >= 0.3 is 6.09 Å². The van der Waals surface area contributed by atoms with Gasteiger partial charge in [0.2, 0.25) is 0 Å². The lowest BCUT2D eigenvalue weighted by atomic mass is 10.0. The van der Waals surface area contributed by atoms with Crippen LogP contribution in [0.15, 0.2) is 24.3 Å². The number of carbonyl (C=O) groups is 1. The van der Waals surface area contributed by atoms with Gasteiger partial charge < -0.3 is 4.74 Å². The summed E-state index contributed by atoms with van der Waals surface area (Å²) in [5.41, 5.74) is 3.21. The van der Waals surface area contributed by atoms with Crippen molar-refractivity contribution in [2.75, 3.05) is 11.5 Å². The Hall–Kier alpha value is -2.10. The Kier molecular flexibility index (Phi) is 3.32. The van der Waals surface area contributed by atoms with E-state index in [1.165, 1.54) is 0 Å². The van der Waals surface area contributed by atoms with E-state index in [1.54, 1.807) is 4.90 Å². The number of aromatic nitrogens is 1. The van der Waals surface area contributed by atoms with Crippen LogP contribution < -0.4 is 4.90 Å². The molecule has 0 bridgehead atoms. The second-order valence-corrected chi connectivity index (χ2v) is 6.08. The first kappa shape index (κ1) is 13.9. The highest BCUT2D eigenvalue weighted by Crippen LogP contribution is 2.29. The van der Waals surface area contributed by atoms with Crippen LogP contribution in [0.1, 0.15) is 25.0 Å². The standard InChI is InChI=1S/C17H20N2O2/c1-10(2)15-9-21-17(20)19(15)16-8-12(4)13-6-5-11(3)7-14(13)18-16/h5-8,10,15H,9H2,1-4H3/t15-/m1/s1. The number of amides is 1. The van der Waals surface area contributed by atoms with E-state index >= 15 is 0 Å². The van der Waals surface area contributed by atoms with Gasteiger partial charge in [0.1, 0.15) is 12.4 Å². The fraction of sp³-hybridized carbons (Fsp3) is 0.412. The maximum Gasteiger partial charge on any atom is 0.415 e. The molecule has 2 heterocycles. The maximum absolute atomic E-state index is 12.1. The summed E-state index contributed by atoms with van der Waals surface area (Å²) >= 11 is 0. The molecule has 1 saturated heterocycles. The van der Waals surface area contributed by atoms with E-state index in [4.69, 9.17) is 4.74 Å². The summed E-state index contributed by atoms with van der Waals surface area (Å²) in [5, 5.41) is 1.12. The first-order valence-corrected chi connectivity index (χ1v) is 7.31. The topological polar surface area (TPSA) is 42.4 Å². The molecule has 110 valence electrons. The van der Waals surface area contributed by atoms with Gasteiger partial charge in [0.15, 0.2) is 0 Å². The summed E-state index contributed by atoms with van der Waals surface area (Å²) in [7, 11) is 0. The SMILES string of the molecule is Cc1ccc2c(C)cc(N3C(=O)OC[C@@H]3C(C)C)nc2c1. The highest BCUT2D eigenvalue weighted by atomic mass is 16.6. The van der Waals surface area contributed by atoms with Crippen molar-refractivity contribution in [1.82, 2.24) is 4.98 Å².